The monoisotopic (exact) mass is 229 g/mol. The van der Waals surface area contributed by atoms with E-state index in [1.165, 1.54) is 0 Å². The van der Waals surface area contributed by atoms with E-state index in [0.717, 1.165) is 22.5 Å². The third-order valence-corrected chi connectivity index (χ3v) is 2.79. The lowest BCUT2D eigenvalue weighted by Gasteiger charge is -2.18. The van der Waals surface area contributed by atoms with Crippen molar-refractivity contribution in [2.24, 2.45) is 7.05 Å². The Labute approximate surface area is 102 Å². The van der Waals surface area contributed by atoms with E-state index in [1.54, 1.807) is 0 Å². The molecular formula is C14H19N3. The number of hydrogen-bond donors (Lipinski definition) is 1. The van der Waals surface area contributed by atoms with Crippen LogP contribution >= 0.6 is 0 Å². The molecule has 17 heavy (non-hydrogen) atoms. The summed E-state index contributed by atoms with van der Waals surface area (Å²) in [6, 6.07) is 7.92. The summed E-state index contributed by atoms with van der Waals surface area (Å²) in [6.45, 7) is 6.49. The van der Waals surface area contributed by atoms with E-state index in [4.69, 9.17) is 5.73 Å². The van der Waals surface area contributed by atoms with Crippen LogP contribution in [0.25, 0.3) is 11.1 Å². The zero-order valence-electron chi connectivity index (χ0n) is 10.9. The normalized spacial score (nSPS) is 11.8. The highest BCUT2D eigenvalue weighted by atomic mass is 15.3. The fraction of sp³-hybridized carbons (Fsp3) is 0.357. The van der Waals surface area contributed by atoms with Crippen molar-refractivity contribution in [2.75, 3.05) is 5.73 Å². The zero-order valence-corrected chi connectivity index (χ0v) is 10.9. The number of aryl methyl sites for hydroxylation is 1. The molecule has 0 fully saturated rings. The largest absolute Gasteiger partial charge is 0.398 e. The van der Waals surface area contributed by atoms with Crippen LogP contribution in [0.15, 0.2) is 30.5 Å². The van der Waals surface area contributed by atoms with E-state index in [-0.39, 0.29) is 5.41 Å². The summed E-state index contributed by atoms with van der Waals surface area (Å²) in [5, 5.41) is 4.56. The third-order valence-electron chi connectivity index (χ3n) is 2.79. The van der Waals surface area contributed by atoms with Crippen molar-refractivity contribution in [2.45, 2.75) is 26.2 Å². The van der Waals surface area contributed by atoms with Crippen LogP contribution < -0.4 is 5.73 Å². The van der Waals surface area contributed by atoms with Crippen LogP contribution in [0, 0.1) is 0 Å². The number of nitrogens with zero attached hydrogens (tertiary/aromatic N) is 2. The minimum Gasteiger partial charge on any atom is -0.398 e. The lowest BCUT2D eigenvalue weighted by molar-refractivity contribution is 0.554. The van der Waals surface area contributed by atoms with Gasteiger partial charge in [-0.1, -0.05) is 39.0 Å². The highest BCUT2D eigenvalue weighted by Gasteiger charge is 2.23. The molecule has 0 amide bonds. The van der Waals surface area contributed by atoms with Gasteiger partial charge in [-0.2, -0.15) is 5.10 Å². The van der Waals surface area contributed by atoms with Crippen molar-refractivity contribution in [1.82, 2.24) is 9.78 Å². The smallest absolute Gasteiger partial charge is 0.0756 e. The second kappa shape index (κ2) is 3.91. The quantitative estimate of drug-likeness (QED) is 0.764. The van der Waals surface area contributed by atoms with Crippen molar-refractivity contribution in [3.63, 3.8) is 0 Å². The minimum absolute atomic E-state index is 0.0128. The van der Waals surface area contributed by atoms with Crippen LogP contribution in [-0.2, 0) is 12.5 Å². The molecule has 0 radical (unpaired) electrons. The molecule has 1 heterocycles. The SMILES string of the molecule is Cn1cc(-c2ccccc2N)c(C(C)(C)C)n1. The molecule has 0 unspecified atom stereocenters. The fourth-order valence-corrected chi connectivity index (χ4v) is 1.98. The molecule has 0 saturated carbocycles. The first kappa shape index (κ1) is 11.7. The van der Waals surface area contributed by atoms with E-state index >= 15 is 0 Å². The molecule has 1 aromatic heterocycles. The number of nitrogens with two attached hydrogens (primary N) is 1. The fourth-order valence-electron chi connectivity index (χ4n) is 1.98. The molecule has 0 aliphatic carbocycles. The van der Waals surface area contributed by atoms with Crippen LogP contribution in [0.4, 0.5) is 5.69 Å². The predicted octanol–water partition coefficient (Wildman–Crippen LogP) is 2.97. The van der Waals surface area contributed by atoms with Crippen LogP contribution in [-0.4, -0.2) is 9.78 Å². The maximum Gasteiger partial charge on any atom is 0.0756 e. The van der Waals surface area contributed by atoms with Gasteiger partial charge in [0, 0.05) is 35.5 Å². The van der Waals surface area contributed by atoms with Gasteiger partial charge in [-0.15, -0.1) is 0 Å². The number of anilines is 1. The average Bonchev–Trinajstić information content (AvgIpc) is 2.60. The van der Waals surface area contributed by atoms with E-state index < -0.39 is 0 Å². The first-order valence-electron chi connectivity index (χ1n) is 5.78. The van der Waals surface area contributed by atoms with Crippen molar-refractivity contribution in [3.8, 4) is 11.1 Å². The molecule has 2 aromatic rings. The Bertz CT molecular complexity index is 533. The Morgan fingerprint density at radius 1 is 1.12 bits per heavy atom. The molecule has 1 aromatic carbocycles. The van der Waals surface area contributed by atoms with Gasteiger partial charge in [-0.05, 0) is 6.07 Å². The van der Waals surface area contributed by atoms with E-state index in [2.05, 4.69) is 25.9 Å². The Morgan fingerprint density at radius 3 is 2.35 bits per heavy atom. The summed E-state index contributed by atoms with van der Waals surface area (Å²) in [7, 11) is 1.94. The summed E-state index contributed by atoms with van der Waals surface area (Å²) >= 11 is 0. The van der Waals surface area contributed by atoms with Gasteiger partial charge in [0.15, 0.2) is 0 Å². The molecule has 3 nitrogen and oxygen atoms in total. The maximum atomic E-state index is 6.04. The molecule has 2 rings (SSSR count). The van der Waals surface area contributed by atoms with E-state index in [0.29, 0.717) is 0 Å². The van der Waals surface area contributed by atoms with Crippen LogP contribution in [0.2, 0.25) is 0 Å². The van der Waals surface area contributed by atoms with Crippen molar-refractivity contribution >= 4 is 5.69 Å². The second-order valence-electron chi connectivity index (χ2n) is 5.40. The molecule has 90 valence electrons. The standard InChI is InChI=1S/C14H19N3/c1-14(2,3)13-11(9-17(4)16-13)10-7-5-6-8-12(10)15/h5-9H,15H2,1-4H3. The van der Waals surface area contributed by atoms with Crippen molar-refractivity contribution in [3.05, 3.63) is 36.2 Å². The summed E-state index contributed by atoms with van der Waals surface area (Å²) in [4.78, 5) is 0. The van der Waals surface area contributed by atoms with Crippen LogP contribution in [0.3, 0.4) is 0 Å². The highest BCUT2D eigenvalue weighted by Crippen LogP contribution is 2.34. The van der Waals surface area contributed by atoms with E-state index in [1.807, 2.05) is 42.2 Å². The Morgan fingerprint density at radius 2 is 1.76 bits per heavy atom. The van der Waals surface area contributed by atoms with Gasteiger partial charge in [0.25, 0.3) is 0 Å². The first-order valence-corrected chi connectivity index (χ1v) is 5.78. The second-order valence-corrected chi connectivity index (χ2v) is 5.40. The summed E-state index contributed by atoms with van der Waals surface area (Å²) in [5.74, 6) is 0. The molecule has 3 heteroatoms. The van der Waals surface area contributed by atoms with Gasteiger partial charge in [0.1, 0.15) is 0 Å². The Hall–Kier alpha value is -1.77. The Balaban J connectivity index is 2.64. The lowest BCUT2D eigenvalue weighted by Crippen LogP contribution is -2.14. The average molecular weight is 229 g/mol. The van der Waals surface area contributed by atoms with E-state index in [9.17, 15) is 0 Å². The maximum absolute atomic E-state index is 6.04. The van der Waals surface area contributed by atoms with Gasteiger partial charge in [-0.25, -0.2) is 0 Å². The molecule has 0 saturated heterocycles. The number of para-hydroxylation sites is 1. The molecule has 0 bridgehead atoms. The number of hydrogen-bond acceptors (Lipinski definition) is 2. The molecule has 2 N–H and O–H groups in total. The Kier molecular flexibility index (Phi) is 2.69. The topological polar surface area (TPSA) is 43.8 Å². The van der Waals surface area contributed by atoms with Gasteiger partial charge in [0.2, 0.25) is 0 Å². The zero-order chi connectivity index (χ0) is 12.6. The van der Waals surface area contributed by atoms with Gasteiger partial charge >= 0.3 is 0 Å². The van der Waals surface area contributed by atoms with Gasteiger partial charge < -0.3 is 5.73 Å². The molecule has 0 atom stereocenters. The highest BCUT2D eigenvalue weighted by molar-refractivity contribution is 5.77. The van der Waals surface area contributed by atoms with Crippen molar-refractivity contribution in [1.29, 1.82) is 0 Å². The third kappa shape index (κ3) is 2.18. The molecular weight excluding hydrogens is 210 g/mol. The number of rotatable bonds is 1. The predicted molar refractivity (Wildman–Crippen MR) is 71.8 cm³/mol. The summed E-state index contributed by atoms with van der Waals surface area (Å²) in [6.07, 6.45) is 2.03. The van der Waals surface area contributed by atoms with Crippen LogP contribution in [0.1, 0.15) is 26.5 Å². The summed E-state index contributed by atoms with van der Waals surface area (Å²) < 4.78 is 1.85. The number of aromatic nitrogens is 2. The van der Waals surface area contributed by atoms with Gasteiger partial charge in [0.05, 0.1) is 5.69 Å². The summed E-state index contributed by atoms with van der Waals surface area (Å²) in [5.41, 5.74) is 10.1. The minimum atomic E-state index is 0.0128. The first-order chi connectivity index (χ1) is 7.89. The molecule has 0 aliphatic rings. The number of benzene rings is 1. The van der Waals surface area contributed by atoms with Crippen molar-refractivity contribution < 1.29 is 0 Å². The number of nitrogen functional groups attached to an aromatic ring is 1. The molecule has 0 spiro atoms. The molecule has 0 aliphatic heterocycles. The van der Waals surface area contributed by atoms with Gasteiger partial charge in [-0.3, -0.25) is 4.68 Å². The van der Waals surface area contributed by atoms with Crippen LogP contribution in [0.5, 0.6) is 0 Å². The lowest BCUT2D eigenvalue weighted by atomic mass is 9.87.